The van der Waals surface area contributed by atoms with Crippen LogP contribution < -0.4 is 5.32 Å². The molecule has 1 amide bonds. The molecule has 28 heavy (non-hydrogen) atoms. The Balaban J connectivity index is 1.78. The van der Waals surface area contributed by atoms with Gasteiger partial charge < -0.3 is 5.32 Å². The number of nitrogens with one attached hydrogen (secondary N) is 1. The van der Waals surface area contributed by atoms with E-state index in [9.17, 15) is 17.6 Å². The minimum Gasteiger partial charge on any atom is -0.348 e. The van der Waals surface area contributed by atoms with Crippen molar-refractivity contribution in [2.24, 2.45) is 0 Å². The summed E-state index contributed by atoms with van der Waals surface area (Å²) in [5.74, 6) is -0.688. The van der Waals surface area contributed by atoms with E-state index in [1.807, 2.05) is 0 Å². The van der Waals surface area contributed by atoms with Gasteiger partial charge in [0.25, 0.3) is 5.91 Å². The standard InChI is InChI=1S/C21H25FN2O3S/c1-16-6-11-19(28(26,27)24-12-4-2-3-5-13-24)14-20(16)21(25)23-15-17-7-9-18(22)10-8-17/h6-11,14H,2-5,12-13,15H2,1H3,(H,23,25). The number of nitrogens with zero attached hydrogens (tertiary/aromatic N) is 1. The number of carbonyl (C=O) groups is 1. The zero-order valence-corrected chi connectivity index (χ0v) is 16.8. The third-order valence-corrected chi connectivity index (χ3v) is 6.92. The van der Waals surface area contributed by atoms with Gasteiger partial charge >= 0.3 is 0 Å². The van der Waals surface area contributed by atoms with Gasteiger partial charge in [0.15, 0.2) is 0 Å². The number of sulfonamides is 1. The molecule has 2 aromatic carbocycles. The lowest BCUT2D eigenvalue weighted by atomic mass is 10.1. The quantitative estimate of drug-likeness (QED) is 0.828. The number of carbonyl (C=O) groups excluding carboxylic acids is 1. The Morgan fingerprint density at radius 3 is 2.32 bits per heavy atom. The van der Waals surface area contributed by atoms with Crippen molar-refractivity contribution in [3.63, 3.8) is 0 Å². The minimum atomic E-state index is -3.62. The summed E-state index contributed by atoms with van der Waals surface area (Å²) < 4.78 is 40.5. The van der Waals surface area contributed by atoms with E-state index in [2.05, 4.69) is 5.32 Å². The highest BCUT2D eigenvalue weighted by Gasteiger charge is 2.26. The van der Waals surface area contributed by atoms with Gasteiger partial charge in [-0.3, -0.25) is 4.79 Å². The molecule has 1 aliphatic rings. The molecule has 0 spiro atoms. The second-order valence-electron chi connectivity index (χ2n) is 7.10. The highest BCUT2D eigenvalue weighted by Crippen LogP contribution is 2.22. The van der Waals surface area contributed by atoms with Crippen LogP contribution in [0.2, 0.25) is 0 Å². The molecule has 0 aromatic heterocycles. The molecule has 3 rings (SSSR count). The fourth-order valence-corrected chi connectivity index (χ4v) is 4.86. The Morgan fingerprint density at radius 1 is 1.04 bits per heavy atom. The summed E-state index contributed by atoms with van der Waals surface area (Å²) in [6.45, 7) is 3.04. The molecule has 2 aromatic rings. The number of hydrogen-bond acceptors (Lipinski definition) is 3. The molecule has 0 unspecified atom stereocenters. The Labute approximate surface area is 165 Å². The van der Waals surface area contributed by atoms with E-state index in [4.69, 9.17) is 0 Å². The summed E-state index contributed by atoms with van der Waals surface area (Å²) >= 11 is 0. The van der Waals surface area contributed by atoms with Crippen LogP contribution in [0.3, 0.4) is 0 Å². The minimum absolute atomic E-state index is 0.145. The zero-order valence-electron chi connectivity index (χ0n) is 15.9. The van der Waals surface area contributed by atoms with Crippen molar-refractivity contribution >= 4 is 15.9 Å². The van der Waals surface area contributed by atoms with Crippen LogP contribution in [-0.4, -0.2) is 31.7 Å². The first kappa shape index (κ1) is 20.5. The summed E-state index contributed by atoms with van der Waals surface area (Å²) in [5.41, 5.74) is 1.80. The van der Waals surface area contributed by atoms with Crippen LogP contribution in [0.4, 0.5) is 4.39 Å². The molecule has 0 bridgehead atoms. The SMILES string of the molecule is Cc1ccc(S(=O)(=O)N2CCCCCC2)cc1C(=O)NCc1ccc(F)cc1. The monoisotopic (exact) mass is 404 g/mol. The number of hydrogen-bond donors (Lipinski definition) is 1. The maximum Gasteiger partial charge on any atom is 0.251 e. The summed E-state index contributed by atoms with van der Waals surface area (Å²) in [4.78, 5) is 12.8. The molecule has 7 heteroatoms. The molecular formula is C21H25FN2O3S. The number of halogens is 1. The predicted molar refractivity (Wildman–Crippen MR) is 106 cm³/mol. The lowest BCUT2D eigenvalue weighted by Crippen LogP contribution is -2.32. The van der Waals surface area contributed by atoms with Gasteiger partial charge in [0, 0.05) is 25.2 Å². The van der Waals surface area contributed by atoms with Crippen molar-refractivity contribution < 1.29 is 17.6 Å². The van der Waals surface area contributed by atoms with Crippen LogP contribution in [0, 0.1) is 12.7 Å². The topological polar surface area (TPSA) is 66.5 Å². The molecule has 1 N–H and O–H groups in total. The van der Waals surface area contributed by atoms with Crippen LogP contribution in [0.25, 0.3) is 0 Å². The summed E-state index contributed by atoms with van der Waals surface area (Å²) in [5, 5.41) is 2.77. The Morgan fingerprint density at radius 2 is 1.68 bits per heavy atom. The zero-order chi connectivity index (χ0) is 20.1. The van der Waals surface area contributed by atoms with E-state index in [1.165, 1.54) is 22.5 Å². The van der Waals surface area contributed by atoms with E-state index in [0.717, 1.165) is 31.2 Å². The Bertz CT molecular complexity index is 935. The fourth-order valence-electron chi connectivity index (χ4n) is 3.32. The molecule has 0 atom stereocenters. The molecule has 0 saturated carbocycles. The van der Waals surface area contributed by atoms with E-state index in [1.54, 1.807) is 31.2 Å². The number of benzene rings is 2. The van der Waals surface area contributed by atoms with Crippen molar-refractivity contribution in [3.8, 4) is 0 Å². The van der Waals surface area contributed by atoms with E-state index < -0.39 is 10.0 Å². The summed E-state index contributed by atoms with van der Waals surface area (Å²) in [6.07, 6.45) is 3.79. The van der Waals surface area contributed by atoms with Crippen molar-refractivity contribution in [3.05, 3.63) is 65.0 Å². The molecule has 0 radical (unpaired) electrons. The number of rotatable bonds is 5. The van der Waals surface area contributed by atoms with E-state index in [0.29, 0.717) is 24.2 Å². The highest BCUT2D eigenvalue weighted by molar-refractivity contribution is 7.89. The smallest absolute Gasteiger partial charge is 0.251 e. The second-order valence-corrected chi connectivity index (χ2v) is 9.04. The Hall–Kier alpha value is -2.25. The maximum absolute atomic E-state index is 13.0. The van der Waals surface area contributed by atoms with Crippen molar-refractivity contribution in [1.82, 2.24) is 9.62 Å². The first-order chi connectivity index (χ1) is 13.4. The van der Waals surface area contributed by atoms with Gasteiger partial charge in [-0.1, -0.05) is 31.0 Å². The van der Waals surface area contributed by atoms with Gasteiger partial charge in [0.05, 0.1) is 4.90 Å². The first-order valence-corrected chi connectivity index (χ1v) is 11.0. The van der Waals surface area contributed by atoms with Crippen LogP contribution in [0.15, 0.2) is 47.4 Å². The molecule has 1 aliphatic heterocycles. The van der Waals surface area contributed by atoms with Gasteiger partial charge in [-0.25, -0.2) is 12.8 Å². The van der Waals surface area contributed by atoms with E-state index >= 15 is 0 Å². The van der Waals surface area contributed by atoms with Crippen LogP contribution in [0.5, 0.6) is 0 Å². The normalized spacial score (nSPS) is 15.8. The molecule has 150 valence electrons. The summed E-state index contributed by atoms with van der Waals surface area (Å²) in [6, 6.07) is 10.5. The first-order valence-electron chi connectivity index (χ1n) is 9.51. The summed E-state index contributed by atoms with van der Waals surface area (Å²) in [7, 11) is -3.62. The number of amides is 1. The molecule has 5 nitrogen and oxygen atoms in total. The lowest BCUT2D eigenvalue weighted by Gasteiger charge is -2.20. The average molecular weight is 405 g/mol. The maximum atomic E-state index is 13.0. The molecule has 0 aliphatic carbocycles. The van der Waals surface area contributed by atoms with Crippen molar-refractivity contribution in [2.75, 3.05) is 13.1 Å². The second kappa shape index (κ2) is 8.84. The van der Waals surface area contributed by atoms with Gasteiger partial charge in [0.1, 0.15) is 5.82 Å². The largest absolute Gasteiger partial charge is 0.348 e. The Kier molecular flexibility index (Phi) is 6.46. The van der Waals surface area contributed by atoms with Gasteiger partial charge in [0.2, 0.25) is 10.0 Å². The van der Waals surface area contributed by atoms with Gasteiger partial charge in [-0.05, 0) is 55.2 Å². The molecular weight excluding hydrogens is 379 g/mol. The van der Waals surface area contributed by atoms with Crippen LogP contribution in [-0.2, 0) is 16.6 Å². The van der Waals surface area contributed by atoms with Gasteiger partial charge in [-0.2, -0.15) is 4.31 Å². The van der Waals surface area contributed by atoms with Gasteiger partial charge in [-0.15, -0.1) is 0 Å². The third-order valence-electron chi connectivity index (χ3n) is 5.02. The fraction of sp³-hybridized carbons (Fsp3) is 0.381. The van der Waals surface area contributed by atoms with Crippen LogP contribution >= 0.6 is 0 Å². The average Bonchev–Trinajstić information content (AvgIpc) is 2.97. The molecule has 1 saturated heterocycles. The van der Waals surface area contributed by atoms with Crippen molar-refractivity contribution in [2.45, 2.75) is 44.0 Å². The third kappa shape index (κ3) is 4.77. The predicted octanol–water partition coefficient (Wildman–Crippen LogP) is 3.63. The molecule has 1 fully saturated rings. The lowest BCUT2D eigenvalue weighted by molar-refractivity contribution is 0.0950. The molecule has 1 heterocycles. The number of aryl methyl sites for hydroxylation is 1. The highest BCUT2D eigenvalue weighted by atomic mass is 32.2. The van der Waals surface area contributed by atoms with Crippen molar-refractivity contribution in [1.29, 1.82) is 0 Å². The van der Waals surface area contributed by atoms with Crippen LogP contribution in [0.1, 0.15) is 47.2 Å². The van der Waals surface area contributed by atoms with E-state index in [-0.39, 0.29) is 23.2 Å².